The quantitative estimate of drug-likeness (QED) is 0.665. The highest BCUT2D eigenvalue weighted by Gasteiger charge is 2.34. The van der Waals surface area contributed by atoms with E-state index < -0.39 is 17.1 Å². The third kappa shape index (κ3) is 4.21. The molecule has 0 heterocycles. The average Bonchev–Trinajstić information content (AvgIpc) is 2.33. The van der Waals surface area contributed by atoms with Crippen LogP contribution in [0.25, 0.3) is 0 Å². The Morgan fingerprint density at radius 2 is 1.85 bits per heavy atom. The Balaban J connectivity index is 2.52. The van der Waals surface area contributed by atoms with Crippen molar-refractivity contribution in [3.8, 4) is 5.75 Å². The highest BCUT2D eigenvalue weighted by molar-refractivity contribution is 5.90. The van der Waals surface area contributed by atoms with Gasteiger partial charge in [-0.25, -0.2) is 4.79 Å². The second-order valence-electron chi connectivity index (χ2n) is 5.76. The van der Waals surface area contributed by atoms with E-state index in [1.54, 1.807) is 32.0 Å². The lowest BCUT2D eigenvalue weighted by Crippen LogP contribution is -2.56. The zero-order chi connectivity index (χ0) is 15.4. The highest BCUT2D eigenvalue weighted by Crippen LogP contribution is 2.20. The topological polar surface area (TPSA) is 78.8 Å². The third-order valence-corrected chi connectivity index (χ3v) is 3.57. The second kappa shape index (κ2) is 6.24. The molecule has 0 amide bonds. The predicted octanol–water partition coefficient (Wildman–Crippen LogP) is 1.90. The molecule has 0 aliphatic rings. The van der Waals surface area contributed by atoms with Crippen molar-refractivity contribution in [2.24, 2.45) is 0 Å². The number of carbonyl (C=O) groups is 1. The molecule has 20 heavy (non-hydrogen) atoms. The van der Waals surface area contributed by atoms with Crippen molar-refractivity contribution >= 4 is 5.97 Å². The van der Waals surface area contributed by atoms with Crippen molar-refractivity contribution in [2.75, 3.05) is 13.2 Å². The normalized spacial score (nSPS) is 12.2. The van der Waals surface area contributed by atoms with Crippen LogP contribution in [0.5, 0.6) is 5.75 Å². The monoisotopic (exact) mass is 281 g/mol. The Labute approximate surface area is 119 Å². The fourth-order valence-electron chi connectivity index (χ4n) is 1.51. The molecule has 0 saturated heterocycles. The van der Waals surface area contributed by atoms with Crippen LogP contribution in [0.3, 0.4) is 0 Å². The largest absolute Gasteiger partial charge is 0.491 e. The van der Waals surface area contributed by atoms with Crippen molar-refractivity contribution in [2.45, 2.75) is 38.8 Å². The predicted molar refractivity (Wildman–Crippen MR) is 77.3 cm³/mol. The molecule has 1 aromatic carbocycles. The summed E-state index contributed by atoms with van der Waals surface area (Å²) in [6.07, 6.45) is 0. The maximum absolute atomic E-state index is 11.0. The van der Waals surface area contributed by atoms with Crippen LogP contribution >= 0.6 is 0 Å². The number of nitrogens with one attached hydrogen (secondary N) is 1. The molecule has 5 heteroatoms. The molecule has 0 spiro atoms. The third-order valence-electron chi connectivity index (χ3n) is 3.57. The standard InChI is InChI=1S/C15H23NO4/c1-14(2,15(3,4)19)16-9-10-20-12-8-6-5-7-11(12)13(17)18/h5-8,16,19H,9-10H2,1-4H3,(H,17,18). The molecule has 0 atom stereocenters. The molecule has 0 aromatic heterocycles. The fraction of sp³-hybridized carbons (Fsp3) is 0.533. The van der Waals surface area contributed by atoms with Crippen LogP contribution in [0, 0.1) is 0 Å². The van der Waals surface area contributed by atoms with E-state index in [9.17, 15) is 9.90 Å². The number of aromatic carboxylic acids is 1. The van der Waals surface area contributed by atoms with Crippen molar-refractivity contribution in [3.63, 3.8) is 0 Å². The van der Waals surface area contributed by atoms with Gasteiger partial charge in [-0.3, -0.25) is 0 Å². The molecule has 3 N–H and O–H groups in total. The van der Waals surface area contributed by atoms with E-state index in [0.717, 1.165) is 0 Å². The summed E-state index contributed by atoms with van der Waals surface area (Å²) in [5.74, 6) is -0.659. The molecule has 0 aliphatic carbocycles. The summed E-state index contributed by atoms with van der Waals surface area (Å²) in [6.45, 7) is 8.10. The number of para-hydroxylation sites is 1. The molecule has 0 saturated carbocycles. The lowest BCUT2D eigenvalue weighted by molar-refractivity contribution is -0.00551. The molecule has 1 aromatic rings. The number of ether oxygens (including phenoxy) is 1. The van der Waals surface area contributed by atoms with Crippen LogP contribution in [-0.4, -0.2) is 40.5 Å². The highest BCUT2D eigenvalue weighted by atomic mass is 16.5. The lowest BCUT2D eigenvalue weighted by Gasteiger charge is -2.38. The van der Waals surface area contributed by atoms with Crippen LogP contribution < -0.4 is 10.1 Å². The molecule has 0 fully saturated rings. The van der Waals surface area contributed by atoms with Gasteiger partial charge in [-0.1, -0.05) is 12.1 Å². The van der Waals surface area contributed by atoms with Gasteiger partial charge in [0.15, 0.2) is 0 Å². The van der Waals surface area contributed by atoms with Crippen LogP contribution in [0.2, 0.25) is 0 Å². The van der Waals surface area contributed by atoms with Crippen LogP contribution in [0.1, 0.15) is 38.1 Å². The van der Waals surface area contributed by atoms with E-state index in [1.165, 1.54) is 6.07 Å². The maximum atomic E-state index is 11.0. The van der Waals surface area contributed by atoms with Crippen molar-refractivity contribution in [1.82, 2.24) is 5.32 Å². The Hall–Kier alpha value is -1.59. The first-order valence-corrected chi connectivity index (χ1v) is 6.58. The van der Waals surface area contributed by atoms with Crippen molar-refractivity contribution < 1.29 is 19.7 Å². The van der Waals surface area contributed by atoms with Gasteiger partial charge in [-0.2, -0.15) is 0 Å². The van der Waals surface area contributed by atoms with Crippen molar-refractivity contribution in [3.05, 3.63) is 29.8 Å². The molecular weight excluding hydrogens is 258 g/mol. The minimum Gasteiger partial charge on any atom is -0.491 e. The van der Waals surface area contributed by atoms with E-state index >= 15 is 0 Å². The molecule has 5 nitrogen and oxygen atoms in total. The van der Waals surface area contributed by atoms with Gasteiger partial charge < -0.3 is 20.3 Å². The van der Waals surface area contributed by atoms with Crippen LogP contribution in [0.4, 0.5) is 0 Å². The first kappa shape index (κ1) is 16.5. The van der Waals surface area contributed by atoms with Gasteiger partial charge >= 0.3 is 5.97 Å². The van der Waals surface area contributed by atoms with Crippen molar-refractivity contribution in [1.29, 1.82) is 0 Å². The number of hydrogen-bond acceptors (Lipinski definition) is 4. The molecule has 1 rings (SSSR count). The number of rotatable bonds is 7. The summed E-state index contributed by atoms with van der Waals surface area (Å²) >= 11 is 0. The molecule has 0 unspecified atom stereocenters. The van der Waals surface area contributed by atoms with Gasteiger partial charge in [0.05, 0.1) is 5.60 Å². The number of carboxylic acid groups (broad SMARTS) is 1. The SMILES string of the molecule is CC(C)(O)C(C)(C)NCCOc1ccccc1C(=O)O. The average molecular weight is 281 g/mol. The minimum absolute atomic E-state index is 0.147. The fourth-order valence-corrected chi connectivity index (χ4v) is 1.51. The molecule has 0 aliphatic heterocycles. The molecule has 112 valence electrons. The summed E-state index contributed by atoms with van der Waals surface area (Å²) in [5.41, 5.74) is -1.19. The lowest BCUT2D eigenvalue weighted by atomic mass is 9.86. The van der Waals surface area contributed by atoms with E-state index in [4.69, 9.17) is 9.84 Å². The van der Waals surface area contributed by atoms with Gasteiger partial charge in [0, 0.05) is 12.1 Å². The van der Waals surface area contributed by atoms with Gasteiger partial charge in [0.2, 0.25) is 0 Å². The van der Waals surface area contributed by atoms with E-state index in [2.05, 4.69) is 5.32 Å². The summed E-state index contributed by atoms with van der Waals surface area (Å²) < 4.78 is 5.48. The van der Waals surface area contributed by atoms with E-state index in [0.29, 0.717) is 18.9 Å². The van der Waals surface area contributed by atoms with Gasteiger partial charge in [-0.15, -0.1) is 0 Å². The molecule has 0 radical (unpaired) electrons. The number of carboxylic acids is 1. The van der Waals surface area contributed by atoms with Gasteiger partial charge in [-0.05, 0) is 39.8 Å². The smallest absolute Gasteiger partial charge is 0.339 e. The number of aliphatic hydroxyl groups is 1. The maximum Gasteiger partial charge on any atom is 0.339 e. The first-order chi connectivity index (χ1) is 9.15. The van der Waals surface area contributed by atoms with Crippen LogP contribution in [0.15, 0.2) is 24.3 Å². The number of benzene rings is 1. The van der Waals surface area contributed by atoms with E-state index in [1.807, 2.05) is 13.8 Å². The molecular formula is C15H23NO4. The minimum atomic E-state index is -1.01. The zero-order valence-electron chi connectivity index (χ0n) is 12.4. The molecule has 0 bridgehead atoms. The number of hydrogen-bond donors (Lipinski definition) is 3. The van der Waals surface area contributed by atoms with Crippen LogP contribution in [-0.2, 0) is 0 Å². The second-order valence-corrected chi connectivity index (χ2v) is 5.76. The Kier molecular flexibility index (Phi) is 5.14. The Bertz CT molecular complexity index is 463. The van der Waals surface area contributed by atoms with Gasteiger partial charge in [0.1, 0.15) is 17.9 Å². The summed E-state index contributed by atoms with van der Waals surface area (Å²) in [6, 6.07) is 6.53. The van der Waals surface area contributed by atoms with E-state index in [-0.39, 0.29) is 5.56 Å². The zero-order valence-corrected chi connectivity index (χ0v) is 12.4. The Morgan fingerprint density at radius 1 is 1.25 bits per heavy atom. The first-order valence-electron chi connectivity index (χ1n) is 6.58. The summed E-state index contributed by atoms with van der Waals surface area (Å²) in [5, 5.41) is 22.2. The Morgan fingerprint density at radius 3 is 2.40 bits per heavy atom. The summed E-state index contributed by atoms with van der Waals surface area (Å²) in [4.78, 5) is 11.0. The van der Waals surface area contributed by atoms with Gasteiger partial charge in [0.25, 0.3) is 0 Å². The summed E-state index contributed by atoms with van der Waals surface area (Å²) in [7, 11) is 0.